The molecule has 4 saturated carbocycles. The van der Waals surface area contributed by atoms with Gasteiger partial charge >= 0.3 is 0 Å². The molecule has 0 saturated heterocycles. The lowest BCUT2D eigenvalue weighted by atomic mass is 9.48. The van der Waals surface area contributed by atoms with Crippen LogP contribution >= 0.6 is 0 Å². The van der Waals surface area contributed by atoms with Crippen molar-refractivity contribution >= 4 is 5.69 Å². The quantitative estimate of drug-likeness (QED) is 0.871. The van der Waals surface area contributed by atoms with Gasteiger partial charge in [0, 0.05) is 12.2 Å². The molecule has 0 radical (unpaired) electrons. The van der Waals surface area contributed by atoms with Crippen molar-refractivity contribution < 1.29 is 0 Å². The summed E-state index contributed by atoms with van der Waals surface area (Å²) in [6, 6.07) is 10.7. The fraction of sp³-hybridized carbons (Fsp3) is 0.647. The average Bonchev–Trinajstić information content (AvgIpc) is 2.43. The molecule has 0 atom stereocenters. The first-order chi connectivity index (χ1) is 9.30. The third-order valence-electron chi connectivity index (χ3n) is 6.08. The number of nitrogens with two attached hydrogens (primary N) is 1. The maximum Gasteiger partial charge on any atom is 0.0552 e. The van der Waals surface area contributed by atoms with Crippen molar-refractivity contribution in [1.82, 2.24) is 0 Å². The number of hydrogen-bond donors (Lipinski definition) is 2. The van der Waals surface area contributed by atoms with Gasteiger partial charge in [0.2, 0.25) is 0 Å². The zero-order valence-electron chi connectivity index (χ0n) is 11.5. The molecule has 19 heavy (non-hydrogen) atoms. The number of anilines is 1. The molecule has 102 valence electrons. The van der Waals surface area contributed by atoms with E-state index in [9.17, 15) is 0 Å². The van der Waals surface area contributed by atoms with Crippen LogP contribution in [0.4, 0.5) is 5.69 Å². The maximum absolute atomic E-state index is 6.27. The van der Waals surface area contributed by atoms with E-state index in [1.54, 1.807) is 0 Å². The van der Waals surface area contributed by atoms with Gasteiger partial charge in [-0.1, -0.05) is 18.2 Å². The van der Waals surface area contributed by atoms with E-state index in [0.29, 0.717) is 0 Å². The van der Waals surface area contributed by atoms with E-state index in [0.717, 1.165) is 30.2 Å². The van der Waals surface area contributed by atoms with Crippen molar-refractivity contribution in [3.05, 3.63) is 30.3 Å². The fourth-order valence-electron chi connectivity index (χ4n) is 5.40. The lowest BCUT2D eigenvalue weighted by molar-refractivity contribution is -0.0405. The van der Waals surface area contributed by atoms with E-state index in [-0.39, 0.29) is 5.54 Å². The monoisotopic (exact) mass is 256 g/mol. The van der Waals surface area contributed by atoms with Crippen molar-refractivity contribution in [1.29, 1.82) is 0 Å². The number of rotatable bonds is 3. The standard InChI is InChI=1S/C17H24N2/c18-11-17(19-16-4-2-1-3-5-16)14-7-12-6-13(9-14)10-15(17)8-12/h1-5,12-15,19H,6-11,18H2. The second-order valence-corrected chi connectivity index (χ2v) is 7.04. The number of benzene rings is 1. The maximum atomic E-state index is 6.27. The van der Waals surface area contributed by atoms with Gasteiger partial charge in [-0.25, -0.2) is 0 Å². The molecular formula is C17H24N2. The summed E-state index contributed by atoms with van der Waals surface area (Å²) in [6.45, 7) is 0.788. The Morgan fingerprint density at radius 1 is 0.947 bits per heavy atom. The molecule has 0 spiro atoms. The Balaban J connectivity index is 1.66. The summed E-state index contributed by atoms with van der Waals surface area (Å²) in [5, 5.41) is 3.86. The minimum atomic E-state index is 0.175. The molecule has 0 aliphatic heterocycles. The molecule has 1 aromatic carbocycles. The fourth-order valence-corrected chi connectivity index (χ4v) is 5.40. The Hall–Kier alpha value is -1.02. The van der Waals surface area contributed by atoms with E-state index in [1.807, 2.05) is 0 Å². The van der Waals surface area contributed by atoms with Crippen LogP contribution in [0, 0.1) is 23.7 Å². The van der Waals surface area contributed by atoms with E-state index in [1.165, 1.54) is 37.8 Å². The lowest BCUT2D eigenvalue weighted by Gasteiger charge is -2.61. The molecule has 4 bridgehead atoms. The molecule has 5 rings (SSSR count). The Kier molecular flexibility index (Phi) is 2.63. The highest BCUT2D eigenvalue weighted by molar-refractivity contribution is 5.46. The molecule has 2 heteroatoms. The predicted molar refractivity (Wildman–Crippen MR) is 78.9 cm³/mol. The van der Waals surface area contributed by atoms with Crippen molar-refractivity contribution in [3.63, 3.8) is 0 Å². The summed E-state index contributed by atoms with van der Waals surface area (Å²) in [7, 11) is 0. The van der Waals surface area contributed by atoms with Crippen molar-refractivity contribution in [3.8, 4) is 0 Å². The summed E-state index contributed by atoms with van der Waals surface area (Å²) < 4.78 is 0. The summed E-state index contributed by atoms with van der Waals surface area (Å²) in [5.74, 6) is 3.60. The highest BCUT2D eigenvalue weighted by atomic mass is 15.0. The molecule has 1 aromatic rings. The molecule has 4 aliphatic rings. The Morgan fingerprint density at radius 3 is 2.05 bits per heavy atom. The second kappa shape index (κ2) is 4.24. The summed E-state index contributed by atoms with van der Waals surface area (Å²) in [6.07, 6.45) is 7.13. The largest absolute Gasteiger partial charge is 0.378 e. The van der Waals surface area contributed by atoms with Gasteiger partial charge in [-0.15, -0.1) is 0 Å². The Labute approximate surface area is 115 Å². The van der Waals surface area contributed by atoms with Crippen LogP contribution in [0.5, 0.6) is 0 Å². The number of hydrogen-bond acceptors (Lipinski definition) is 2. The normalized spacial score (nSPS) is 43.4. The molecule has 4 fully saturated rings. The summed E-state index contributed by atoms with van der Waals surface area (Å²) in [4.78, 5) is 0. The van der Waals surface area contributed by atoms with Crippen LogP contribution in [-0.2, 0) is 0 Å². The molecule has 2 nitrogen and oxygen atoms in total. The Bertz CT molecular complexity index is 426. The van der Waals surface area contributed by atoms with Crippen LogP contribution in [-0.4, -0.2) is 12.1 Å². The smallest absolute Gasteiger partial charge is 0.0552 e. The van der Waals surface area contributed by atoms with Crippen LogP contribution in [0.3, 0.4) is 0 Å². The first-order valence-electron chi connectivity index (χ1n) is 7.83. The van der Waals surface area contributed by atoms with Crippen molar-refractivity contribution in [2.45, 2.75) is 37.6 Å². The van der Waals surface area contributed by atoms with Crippen LogP contribution in [0.15, 0.2) is 30.3 Å². The highest BCUT2D eigenvalue weighted by Crippen LogP contribution is 2.58. The Morgan fingerprint density at radius 2 is 1.53 bits per heavy atom. The molecule has 0 unspecified atom stereocenters. The van der Waals surface area contributed by atoms with Crippen LogP contribution in [0.2, 0.25) is 0 Å². The molecule has 0 amide bonds. The van der Waals surface area contributed by atoms with Gasteiger partial charge in [-0.3, -0.25) is 0 Å². The van der Waals surface area contributed by atoms with Gasteiger partial charge in [-0.2, -0.15) is 0 Å². The zero-order chi connectivity index (χ0) is 12.9. The van der Waals surface area contributed by atoms with E-state index >= 15 is 0 Å². The second-order valence-electron chi connectivity index (χ2n) is 7.04. The molecular weight excluding hydrogens is 232 g/mol. The molecule has 3 N–H and O–H groups in total. The molecule has 4 aliphatic carbocycles. The van der Waals surface area contributed by atoms with Gasteiger partial charge in [0.1, 0.15) is 0 Å². The first-order valence-corrected chi connectivity index (χ1v) is 7.83. The van der Waals surface area contributed by atoms with Crippen LogP contribution in [0.25, 0.3) is 0 Å². The average molecular weight is 256 g/mol. The summed E-state index contributed by atoms with van der Waals surface area (Å²) >= 11 is 0. The minimum Gasteiger partial charge on any atom is -0.378 e. The SMILES string of the molecule is NCC1(Nc2ccccc2)C2CC3CC(C2)CC1C3. The van der Waals surface area contributed by atoms with Crippen molar-refractivity contribution in [2.75, 3.05) is 11.9 Å². The van der Waals surface area contributed by atoms with Crippen molar-refractivity contribution in [2.24, 2.45) is 29.4 Å². The molecule has 0 aromatic heterocycles. The first kappa shape index (κ1) is 11.8. The van der Waals surface area contributed by atoms with E-state index < -0.39 is 0 Å². The van der Waals surface area contributed by atoms with Crippen LogP contribution < -0.4 is 11.1 Å². The lowest BCUT2D eigenvalue weighted by Crippen LogP contribution is -2.65. The van der Waals surface area contributed by atoms with E-state index in [4.69, 9.17) is 5.73 Å². The van der Waals surface area contributed by atoms with Gasteiger partial charge in [0.15, 0.2) is 0 Å². The van der Waals surface area contributed by atoms with Gasteiger partial charge in [-0.05, 0) is 67.9 Å². The van der Waals surface area contributed by atoms with Gasteiger partial charge < -0.3 is 11.1 Å². The summed E-state index contributed by atoms with van der Waals surface area (Å²) in [5.41, 5.74) is 7.70. The van der Waals surface area contributed by atoms with Gasteiger partial charge in [0.05, 0.1) is 5.54 Å². The molecule has 0 heterocycles. The zero-order valence-corrected chi connectivity index (χ0v) is 11.5. The number of para-hydroxylation sites is 1. The minimum absolute atomic E-state index is 0.175. The van der Waals surface area contributed by atoms with E-state index in [2.05, 4.69) is 35.6 Å². The highest BCUT2D eigenvalue weighted by Gasteiger charge is 2.56. The topological polar surface area (TPSA) is 38.0 Å². The van der Waals surface area contributed by atoms with Gasteiger partial charge in [0.25, 0.3) is 0 Å². The third kappa shape index (κ3) is 1.73. The number of nitrogens with one attached hydrogen (secondary N) is 1. The predicted octanol–water partition coefficient (Wildman–Crippen LogP) is 3.25. The third-order valence-corrected chi connectivity index (χ3v) is 6.08. The van der Waals surface area contributed by atoms with Crippen LogP contribution in [0.1, 0.15) is 32.1 Å².